The Morgan fingerprint density at radius 3 is 2.75 bits per heavy atom. The number of carbonyl (C=O) groups excluding carboxylic acids is 1. The molecule has 128 valence electrons. The molecule has 0 saturated carbocycles. The van der Waals surface area contributed by atoms with Gasteiger partial charge in [0.05, 0.1) is 13.7 Å². The van der Waals surface area contributed by atoms with Crippen molar-refractivity contribution in [1.82, 2.24) is 5.32 Å². The second-order valence-corrected chi connectivity index (χ2v) is 5.74. The first-order valence-electron chi connectivity index (χ1n) is 7.91. The van der Waals surface area contributed by atoms with Gasteiger partial charge in [-0.2, -0.15) is 0 Å². The topological polar surface area (TPSA) is 47.6 Å². The first-order valence-corrected chi connectivity index (χ1v) is 8.29. The molecule has 0 radical (unpaired) electrons. The Morgan fingerprint density at radius 2 is 2.04 bits per heavy atom. The Balaban J connectivity index is 1.96. The summed E-state index contributed by atoms with van der Waals surface area (Å²) < 4.78 is 10.7. The van der Waals surface area contributed by atoms with Crippen LogP contribution in [0.3, 0.4) is 0 Å². The van der Waals surface area contributed by atoms with E-state index < -0.39 is 0 Å². The zero-order valence-corrected chi connectivity index (χ0v) is 14.7. The maximum absolute atomic E-state index is 12.3. The minimum Gasteiger partial charge on any atom is -0.496 e. The number of benzene rings is 2. The monoisotopic (exact) mass is 347 g/mol. The highest BCUT2D eigenvalue weighted by Gasteiger charge is 2.10. The summed E-state index contributed by atoms with van der Waals surface area (Å²) in [5, 5.41) is 3.63. The highest BCUT2D eigenvalue weighted by molar-refractivity contribution is 6.30. The normalized spacial score (nSPS) is 10.5. The van der Waals surface area contributed by atoms with Gasteiger partial charge in [-0.25, -0.2) is 0 Å². The third-order valence-corrected chi connectivity index (χ3v) is 3.83. The molecular formula is C19H22ClNO3. The highest BCUT2D eigenvalue weighted by Crippen LogP contribution is 2.21. The summed E-state index contributed by atoms with van der Waals surface area (Å²) in [6, 6.07) is 13.0. The quantitative estimate of drug-likeness (QED) is 0.788. The molecule has 0 aromatic heterocycles. The molecule has 0 bridgehead atoms. The van der Waals surface area contributed by atoms with Crippen molar-refractivity contribution in [3.05, 3.63) is 64.2 Å². The van der Waals surface area contributed by atoms with Gasteiger partial charge < -0.3 is 14.8 Å². The third-order valence-electron chi connectivity index (χ3n) is 3.59. The molecule has 0 saturated heterocycles. The Hall–Kier alpha value is -2.04. The number of hydrogen-bond acceptors (Lipinski definition) is 3. The van der Waals surface area contributed by atoms with Gasteiger partial charge in [-0.3, -0.25) is 4.79 Å². The van der Waals surface area contributed by atoms with Crippen LogP contribution in [-0.4, -0.2) is 26.2 Å². The summed E-state index contributed by atoms with van der Waals surface area (Å²) in [5.41, 5.74) is 2.55. The van der Waals surface area contributed by atoms with Crippen molar-refractivity contribution in [3.63, 3.8) is 0 Å². The van der Waals surface area contributed by atoms with Crippen LogP contribution in [0.25, 0.3) is 0 Å². The molecule has 1 N–H and O–H groups in total. The summed E-state index contributed by atoms with van der Waals surface area (Å²) in [5.74, 6) is 0.608. The summed E-state index contributed by atoms with van der Waals surface area (Å²) in [7, 11) is 1.61. The molecule has 0 aliphatic rings. The van der Waals surface area contributed by atoms with E-state index in [0.717, 1.165) is 23.3 Å². The third kappa shape index (κ3) is 5.25. The molecule has 2 aromatic carbocycles. The van der Waals surface area contributed by atoms with Gasteiger partial charge >= 0.3 is 0 Å². The smallest absolute Gasteiger partial charge is 0.251 e. The van der Waals surface area contributed by atoms with Crippen molar-refractivity contribution in [2.24, 2.45) is 0 Å². The van der Waals surface area contributed by atoms with Gasteiger partial charge in [0.15, 0.2) is 0 Å². The molecule has 0 fully saturated rings. The number of rotatable bonds is 8. The molecule has 5 heteroatoms. The van der Waals surface area contributed by atoms with E-state index in [1.165, 1.54) is 0 Å². The van der Waals surface area contributed by atoms with E-state index in [9.17, 15) is 4.79 Å². The van der Waals surface area contributed by atoms with Crippen molar-refractivity contribution in [2.75, 3.05) is 20.3 Å². The maximum Gasteiger partial charge on any atom is 0.251 e. The fraction of sp³-hybridized carbons (Fsp3) is 0.316. The van der Waals surface area contributed by atoms with Crippen LogP contribution in [0.5, 0.6) is 5.75 Å². The van der Waals surface area contributed by atoms with Gasteiger partial charge in [0.2, 0.25) is 0 Å². The predicted molar refractivity (Wildman–Crippen MR) is 95.8 cm³/mol. The van der Waals surface area contributed by atoms with Crippen LogP contribution in [0, 0.1) is 0 Å². The van der Waals surface area contributed by atoms with E-state index in [0.29, 0.717) is 30.3 Å². The van der Waals surface area contributed by atoms with Crippen LogP contribution in [0.15, 0.2) is 42.5 Å². The number of hydrogen-bond donors (Lipinski definition) is 1. The fourth-order valence-corrected chi connectivity index (χ4v) is 2.57. The molecule has 2 rings (SSSR count). The van der Waals surface area contributed by atoms with Crippen LogP contribution >= 0.6 is 11.6 Å². The number of halogens is 1. The second kappa shape index (κ2) is 9.30. The average molecular weight is 348 g/mol. The molecule has 24 heavy (non-hydrogen) atoms. The van der Waals surface area contributed by atoms with Crippen molar-refractivity contribution in [1.29, 1.82) is 0 Å². The Bertz CT molecular complexity index is 688. The van der Waals surface area contributed by atoms with Crippen LogP contribution < -0.4 is 10.1 Å². The SMILES string of the molecule is CCOCc1cc(C(=O)NCCc2cccc(Cl)c2)ccc1OC. The summed E-state index contributed by atoms with van der Waals surface area (Å²) in [6.07, 6.45) is 0.730. The Morgan fingerprint density at radius 1 is 1.21 bits per heavy atom. The van der Waals surface area contributed by atoms with E-state index in [1.54, 1.807) is 19.2 Å². The van der Waals surface area contributed by atoms with Crippen LogP contribution in [0.4, 0.5) is 0 Å². The highest BCUT2D eigenvalue weighted by atomic mass is 35.5. The molecular weight excluding hydrogens is 326 g/mol. The van der Waals surface area contributed by atoms with Crippen molar-refractivity contribution < 1.29 is 14.3 Å². The largest absolute Gasteiger partial charge is 0.496 e. The van der Waals surface area contributed by atoms with Crippen LogP contribution in [0.2, 0.25) is 5.02 Å². The maximum atomic E-state index is 12.3. The standard InChI is InChI=1S/C19H22ClNO3/c1-3-24-13-16-12-15(7-8-18(16)23-2)19(22)21-10-9-14-5-4-6-17(20)11-14/h4-8,11-12H,3,9-10,13H2,1-2H3,(H,21,22). The molecule has 4 nitrogen and oxygen atoms in total. The van der Waals surface area contributed by atoms with Crippen molar-refractivity contribution in [3.8, 4) is 5.75 Å². The molecule has 0 aliphatic heterocycles. The Kier molecular flexibility index (Phi) is 7.09. The van der Waals surface area contributed by atoms with Crippen LogP contribution in [0.1, 0.15) is 28.4 Å². The van der Waals surface area contributed by atoms with Gasteiger partial charge in [-0.05, 0) is 49.2 Å². The van der Waals surface area contributed by atoms with Gasteiger partial charge in [-0.1, -0.05) is 23.7 Å². The zero-order chi connectivity index (χ0) is 17.4. The van der Waals surface area contributed by atoms with Crippen molar-refractivity contribution in [2.45, 2.75) is 20.0 Å². The van der Waals surface area contributed by atoms with E-state index in [4.69, 9.17) is 21.1 Å². The lowest BCUT2D eigenvalue weighted by Gasteiger charge is -2.11. The predicted octanol–water partition coefficient (Wildman–Crippen LogP) is 3.86. The number of ether oxygens (including phenoxy) is 2. The molecule has 0 spiro atoms. The fourth-order valence-electron chi connectivity index (χ4n) is 2.36. The van der Waals surface area contributed by atoms with Gasteiger partial charge in [0.25, 0.3) is 5.91 Å². The average Bonchev–Trinajstić information content (AvgIpc) is 2.59. The minimum absolute atomic E-state index is 0.113. The lowest BCUT2D eigenvalue weighted by molar-refractivity contribution is 0.0953. The van der Waals surface area contributed by atoms with E-state index in [1.807, 2.05) is 37.3 Å². The second-order valence-electron chi connectivity index (χ2n) is 5.30. The number of carbonyl (C=O) groups is 1. The number of nitrogens with one attached hydrogen (secondary N) is 1. The van der Waals surface area contributed by atoms with E-state index in [-0.39, 0.29) is 5.91 Å². The van der Waals surface area contributed by atoms with E-state index >= 15 is 0 Å². The summed E-state index contributed by atoms with van der Waals surface area (Å²) >= 11 is 5.96. The molecule has 0 heterocycles. The van der Waals surface area contributed by atoms with Gasteiger partial charge in [0.1, 0.15) is 5.75 Å². The molecule has 0 atom stereocenters. The number of methoxy groups -OCH3 is 1. The van der Waals surface area contributed by atoms with Gasteiger partial charge in [-0.15, -0.1) is 0 Å². The molecule has 2 aromatic rings. The lowest BCUT2D eigenvalue weighted by Crippen LogP contribution is -2.25. The Labute approximate surface area is 147 Å². The first-order chi connectivity index (χ1) is 11.6. The zero-order valence-electron chi connectivity index (χ0n) is 14.0. The first kappa shape index (κ1) is 18.3. The lowest BCUT2D eigenvalue weighted by atomic mass is 10.1. The minimum atomic E-state index is -0.113. The molecule has 0 aliphatic carbocycles. The van der Waals surface area contributed by atoms with Gasteiger partial charge in [0, 0.05) is 29.3 Å². The summed E-state index contributed by atoms with van der Waals surface area (Å²) in [4.78, 5) is 12.3. The number of amides is 1. The molecule has 1 amide bonds. The summed E-state index contributed by atoms with van der Waals surface area (Å²) in [6.45, 7) is 3.51. The van der Waals surface area contributed by atoms with E-state index in [2.05, 4.69) is 5.32 Å². The molecule has 0 unspecified atom stereocenters. The van der Waals surface area contributed by atoms with Crippen molar-refractivity contribution >= 4 is 17.5 Å². The van der Waals surface area contributed by atoms with Crippen LogP contribution in [-0.2, 0) is 17.8 Å².